The van der Waals surface area contributed by atoms with Gasteiger partial charge in [-0.05, 0) is 36.1 Å². The van der Waals surface area contributed by atoms with E-state index in [1.54, 1.807) is 11.8 Å². The van der Waals surface area contributed by atoms with E-state index in [0.717, 1.165) is 25.7 Å². The molecule has 20 heavy (non-hydrogen) atoms. The molecule has 0 aliphatic heterocycles. The number of methoxy groups -OCH3 is 1. The maximum absolute atomic E-state index is 11.8. The average Bonchev–Trinajstić information content (AvgIpc) is 2.91. The lowest BCUT2D eigenvalue weighted by Gasteiger charge is -2.21. The number of hydrogen-bond donors (Lipinski definition) is 0. The highest BCUT2D eigenvalue weighted by Gasteiger charge is 2.18. The first-order valence-corrected chi connectivity index (χ1v) is 7.85. The molecule has 0 spiro atoms. The van der Waals surface area contributed by atoms with Crippen LogP contribution in [0.5, 0.6) is 0 Å². The Labute approximate surface area is 122 Å². The molecule has 0 N–H and O–H groups in total. The maximum atomic E-state index is 11.8. The van der Waals surface area contributed by atoms with Gasteiger partial charge in [0.25, 0.3) is 0 Å². The van der Waals surface area contributed by atoms with Crippen LogP contribution in [0, 0.1) is 0 Å². The number of hydrogen-bond acceptors (Lipinski definition) is 7. The third kappa shape index (κ3) is 4.75. The summed E-state index contributed by atoms with van der Waals surface area (Å²) >= 11 is 1.30. The highest BCUT2D eigenvalue weighted by atomic mass is 32.2. The van der Waals surface area contributed by atoms with Gasteiger partial charge >= 0.3 is 5.97 Å². The SMILES string of the molecule is COCCn1nnnc1SCC(=O)OC1CCCCC1. The predicted octanol–water partition coefficient (Wildman–Crippen LogP) is 1.29. The van der Waals surface area contributed by atoms with Gasteiger partial charge in [-0.2, -0.15) is 0 Å². The zero-order chi connectivity index (χ0) is 14.2. The van der Waals surface area contributed by atoms with Crippen LogP contribution in [-0.4, -0.2) is 51.8 Å². The van der Waals surface area contributed by atoms with Gasteiger partial charge in [-0.1, -0.05) is 18.2 Å². The van der Waals surface area contributed by atoms with Crippen LogP contribution in [0.1, 0.15) is 32.1 Å². The number of rotatable bonds is 7. The van der Waals surface area contributed by atoms with E-state index in [1.807, 2.05) is 0 Å². The number of carbonyl (C=O) groups excluding carboxylic acids is 1. The van der Waals surface area contributed by atoms with E-state index in [9.17, 15) is 4.79 Å². The molecule has 0 amide bonds. The molecule has 1 aromatic rings. The van der Waals surface area contributed by atoms with Gasteiger partial charge in [0, 0.05) is 7.11 Å². The number of nitrogens with zero attached hydrogens (tertiary/aromatic N) is 4. The first-order chi connectivity index (χ1) is 9.79. The van der Waals surface area contributed by atoms with Crippen LogP contribution in [0.15, 0.2) is 5.16 Å². The summed E-state index contributed by atoms with van der Waals surface area (Å²) in [6.45, 7) is 1.11. The zero-order valence-electron chi connectivity index (χ0n) is 11.7. The Bertz CT molecular complexity index is 421. The van der Waals surface area contributed by atoms with Crippen molar-refractivity contribution in [3.63, 3.8) is 0 Å². The van der Waals surface area contributed by atoms with Crippen LogP contribution in [-0.2, 0) is 20.8 Å². The Morgan fingerprint density at radius 1 is 1.40 bits per heavy atom. The molecule has 8 heteroatoms. The van der Waals surface area contributed by atoms with Gasteiger partial charge < -0.3 is 9.47 Å². The van der Waals surface area contributed by atoms with Crippen molar-refractivity contribution in [2.75, 3.05) is 19.5 Å². The fourth-order valence-corrected chi connectivity index (χ4v) is 2.83. The fraction of sp³-hybridized carbons (Fsp3) is 0.833. The van der Waals surface area contributed by atoms with Crippen molar-refractivity contribution >= 4 is 17.7 Å². The second-order valence-corrected chi connectivity index (χ2v) is 5.66. The molecule has 1 aliphatic carbocycles. The van der Waals surface area contributed by atoms with E-state index in [0.29, 0.717) is 18.3 Å². The quantitative estimate of drug-likeness (QED) is 0.554. The second-order valence-electron chi connectivity index (χ2n) is 4.72. The predicted molar refractivity (Wildman–Crippen MR) is 73.4 cm³/mol. The van der Waals surface area contributed by atoms with Crippen LogP contribution in [0.3, 0.4) is 0 Å². The number of ether oxygens (including phenoxy) is 2. The molecule has 1 aromatic heterocycles. The van der Waals surface area contributed by atoms with Gasteiger partial charge in [0.1, 0.15) is 6.10 Å². The summed E-state index contributed by atoms with van der Waals surface area (Å²) in [5.74, 6) is 0.0484. The summed E-state index contributed by atoms with van der Waals surface area (Å²) in [4.78, 5) is 11.8. The number of carbonyl (C=O) groups is 1. The van der Waals surface area contributed by atoms with Gasteiger partial charge in [-0.15, -0.1) is 5.10 Å². The van der Waals surface area contributed by atoms with E-state index in [-0.39, 0.29) is 17.8 Å². The molecule has 0 atom stereocenters. The molecule has 2 rings (SSSR count). The Morgan fingerprint density at radius 2 is 2.20 bits per heavy atom. The molecule has 1 heterocycles. The fourth-order valence-electron chi connectivity index (χ4n) is 2.14. The lowest BCUT2D eigenvalue weighted by Crippen LogP contribution is -2.22. The van der Waals surface area contributed by atoms with Crippen molar-refractivity contribution in [1.82, 2.24) is 20.2 Å². The Kier molecular flexibility index (Phi) is 6.25. The van der Waals surface area contributed by atoms with Crippen LogP contribution < -0.4 is 0 Å². The van der Waals surface area contributed by atoms with Crippen LogP contribution >= 0.6 is 11.8 Å². The van der Waals surface area contributed by atoms with E-state index in [2.05, 4.69) is 15.5 Å². The Morgan fingerprint density at radius 3 is 2.95 bits per heavy atom. The molecule has 1 fully saturated rings. The van der Waals surface area contributed by atoms with Crippen molar-refractivity contribution in [2.24, 2.45) is 0 Å². The monoisotopic (exact) mass is 300 g/mol. The molecule has 0 bridgehead atoms. The van der Waals surface area contributed by atoms with Gasteiger partial charge in [0.2, 0.25) is 5.16 Å². The molecule has 0 saturated heterocycles. The number of esters is 1. The van der Waals surface area contributed by atoms with Gasteiger partial charge in [0.05, 0.1) is 18.9 Å². The smallest absolute Gasteiger partial charge is 0.316 e. The Hall–Kier alpha value is -1.15. The molecular formula is C12H20N4O3S. The number of tetrazole rings is 1. The topological polar surface area (TPSA) is 79.1 Å². The molecule has 0 unspecified atom stereocenters. The first-order valence-electron chi connectivity index (χ1n) is 6.87. The largest absolute Gasteiger partial charge is 0.462 e. The summed E-state index contributed by atoms with van der Waals surface area (Å²) in [5, 5.41) is 12.0. The lowest BCUT2D eigenvalue weighted by atomic mass is 9.98. The van der Waals surface area contributed by atoms with Crippen LogP contribution in [0.25, 0.3) is 0 Å². The molecule has 0 radical (unpaired) electrons. The summed E-state index contributed by atoms with van der Waals surface area (Å²) < 4.78 is 12.1. The molecule has 112 valence electrons. The number of thioether (sulfide) groups is 1. The highest BCUT2D eigenvalue weighted by molar-refractivity contribution is 7.99. The minimum absolute atomic E-state index is 0.0985. The molecular weight excluding hydrogens is 280 g/mol. The van der Waals surface area contributed by atoms with Crippen molar-refractivity contribution < 1.29 is 14.3 Å². The summed E-state index contributed by atoms with van der Waals surface area (Å²) in [7, 11) is 1.62. The molecule has 0 aromatic carbocycles. The van der Waals surface area contributed by atoms with Crippen LogP contribution in [0.2, 0.25) is 0 Å². The third-order valence-electron chi connectivity index (χ3n) is 3.18. The van der Waals surface area contributed by atoms with Crippen molar-refractivity contribution in [3.8, 4) is 0 Å². The van der Waals surface area contributed by atoms with Crippen molar-refractivity contribution in [3.05, 3.63) is 0 Å². The molecule has 1 saturated carbocycles. The second kappa shape index (κ2) is 8.21. The Balaban J connectivity index is 1.73. The van der Waals surface area contributed by atoms with Crippen LogP contribution in [0.4, 0.5) is 0 Å². The first kappa shape index (κ1) is 15.2. The van der Waals surface area contributed by atoms with Gasteiger partial charge in [-0.25, -0.2) is 4.68 Å². The minimum Gasteiger partial charge on any atom is -0.462 e. The van der Waals surface area contributed by atoms with Gasteiger partial charge in [-0.3, -0.25) is 4.79 Å². The number of aromatic nitrogens is 4. The van der Waals surface area contributed by atoms with E-state index >= 15 is 0 Å². The average molecular weight is 300 g/mol. The molecule has 7 nitrogen and oxygen atoms in total. The van der Waals surface area contributed by atoms with Gasteiger partial charge in [0.15, 0.2) is 0 Å². The normalized spacial score (nSPS) is 16.2. The standard InChI is InChI=1S/C12H20N4O3S/c1-18-8-7-16-12(13-14-15-16)20-9-11(17)19-10-5-3-2-4-6-10/h10H,2-9H2,1H3. The summed E-state index contributed by atoms with van der Waals surface area (Å²) in [6, 6.07) is 0. The summed E-state index contributed by atoms with van der Waals surface area (Å²) in [5.41, 5.74) is 0. The molecule has 1 aliphatic rings. The van der Waals surface area contributed by atoms with E-state index < -0.39 is 0 Å². The summed E-state index contributed by atoms with van der Waals surface area (Å²) in [6.07, 6.45) is 5.63. The van der Waals surface area contributed by atoms with E-state index in [4.69, 9.17) is 9.47 Å². The van der Waals surface area contributed by atoms with Crippen molar-refractivity contribution in [2.45, 2.75) is 49.9 Å². The highest BCUT2D eigenvalue weighted by Crippen LogP contribution is 2.21. The third-order valence-corrected chi connectivity index (χ3v) is 4.11. The van der Waals surface area contributed by atoms with Crippen molar-refractivity contribution in [1.29, 1.82) is 0 Å². The maximum Gasteiger partial charge on any atom is 0.316 e. The lowest BCUT2D eigenvalue weighted by molar-refractivity contribution is -0.147. The van der Waals surface area contributed by atoms with E-state index in [1.165, 1.54) is 18.2 Å². The zero-order valence-corrected chi connectivity index (χ0v) is 12.5. The minimum atomic E-state index is -0.191.